The molecular weight excluding hydrogens is 404 g/mol. The smallest absolute Gasteiger partial charge is 0.265 e. The minimum atomic E-state index is -3.85. The van der Waals surface area contributed by atoms with Crippen molar-refractivity contribution in [3.8, 4) is 5.75 Å². The monoisotopic (exact) mass is 426 g/mol. The van der Waals surface area contributed by atoms with E-state index in [1.54, 1.807) is 43.3 Å². The number of aliphatic hydroxyl groups is 1. The van der Waals surface area contributed by atoms with Crippen LogP contribution in [0.15, 0.2) is 47.4 Å². The van der Waals surface area contributed by atoms with E-state index in [0.717, 1.165) is 5.56 Å². The van der Waals surface area contributed by atoms with Gasteiger partial charge < -0.3 is 15.2 Å². The molecule has 1 fully saturated rings. The lowest BCUT2D eigenvalue weighted by molar-refractivity contribution is 0.190. The van der Waals surface area contributed by atoms with E-state index in [2.05, 4.69) is 10.0 Å². The summed E-state index contributed by atoms with van der Waals surface area (Å²) in [5.41, 5.74) is 1.71. The van der Waals surface area contributed by atoms with Crippen molar-refractivity contribution < 1.29 is 26.7 Å². The molecule has 1 aliphatic rings. The molecule has 10 heteroatoms. The number of ether oxygens (including phenoxy) is 1. The Morgan fingerprint density at radius 3 is 2.29 bits per heavy atom. The van der Waals surface area contributed by atoms with Gasteiger partial charge in [-0.1, -0.05) is 6.07 Å². The molecule has 2 atom stereocenters. The van der Waals surface area contributed by atoms with Crippen LogP contribution in [0.2, 0.25) is 0 Å². The summed E-state index contributed by atoms with van der Waals surface area (Å²) >= 11 is 0. The van der Waals surface area contributed by atoms with Gasteiger partial charge in [-0.2, -0.15) is 0 Å². The number of sulfone groups is 1. The molecule has 0 unspecified atom stereocenters. The Bertz CT molecular complexity index is 1070. The number of aliphatic hydroxyl groups excluding tert-OH is 1. The van der Waals surface area contributed by atoms with Gasteiger partial charge >= 0.3 is 0 Å². The molecule has 0 bridgehead atoms. The summed E-state index contributed by atoms with van der Waals surface area (Å²) in [6.45, 7) is 1.79. The molecule has 1 heterocycles. The number of benzene rings is 2. The highest BCUT2D eigenvalue weighted by atomic mass is 32.2. The third-order valence-electron chi connectivity index (χ3n) is 4.42. The summed E-state index contributed by atoms with van der Waals surface area (Å²) in [6.07, 6.45) is -0.975. The molecule has 0 aromatic heterocycles. The fourth-order valence-corrected chi connectivity index (χ4v) is 6.07. The number of sulfonamides is 1. The quantitative estimate of drug-likeness (QED) is 0.638. The van der Waals surface area contributed by atoms with Gasteiger partial charge in [0.05, 0.1) is 30.8 Å². The van der Waals surface area contributed by atoms with Crippen molar-refractivity contribution in [2.75, 3.05) is 28.7 Å². The number of methoxy groups -OCH3 is 1. The standard InChI is InChI=1S/C18H22N2O6S2/c1-12-3-8-17(26-2)18(9-12)28(24,25)20-14-6-4-13(5-7-14)19-15-10-27(22,23)11-16(15)21/h3-9,15-16,19-21H,10-11H2,1-2H3/t15-,16-/m1/s1. The number of aryl methyl sites for hydroxylation is 1. The highest BCUT2D eigenvalue weighted by Gasteiger charge is 2.36. The van der Waals surface area contributed by atoms with Crippen molar-refractivity contribution in [2.24, 2.45) is 0 Å². The first-order valence-electron chi connectivity index (χ1n) is 8.52. The highest BCUT2D eigenvalue weighted by Crippen LogP contribution is 2.27. The molecule has 2 aromatic rings. The largest absolute Gasteiger partial charge is 0.495 e. The van der Waals surface area contributed by atoms with Gasteiger partial charge in [-0.3, -0.25) is 4.72 Å². The zero-order chi connectivity index (χ0) is 20.5. The molecule has 0 spiro atoms. The first kappa shape index (κ1) is 20.4. The lowest BCUT2D eigenvalue weighted by atomic mass is 10.2. The van der Waals surface area contributed by atoms with Crippen LogP contribution in [0.1, 0.15) is 5.56 Å². The predicted octanol–water partition coefficient (Wildman–Crippen LogP) is 1.37. The topological polar surface area (TPSA) is 122 Å². The zero-order valence-electron chi connectivity index (χ0n) is 15.4. The molecule has 3 rings (SSSR count). The highest BCUT2D eigenvalue weighted by molar-refractivity contribution is 7.93. The Hall–Kier alpha value is -2.30. The predicted molar refractivity (Wildman–Crippen MR) is 107 cm³/mol. The fraction of sp³-hybridized carbons (Fsp3) is 0.333. The van der Waals surface area contributed by atoms with E-state index >= 15 is 0 Å². The van der Waals surface area contributed by atoms with Gasteiger partial charge in [0, 0.05) is 11.4 Å². The molecule has 0 aliphatic carbocycles. The Morgan fingerprint density at radius 1 is 1.07 bits per heavy atom. The van der Waals surface area contributed by atoms with Gasteiger partial charge in [-0.25, -0.2) is 16.8 Å². The van der Waals surface area contributed by atoms with Gasteiger partial charge in [0.2, 0.25) is 0 Å². The summed E-state index contributed by atoms with van der Waals surface area (Å²) in [5, 5.41) is 12.8. The fourth-order valence-electron chi connectivity index (χ4n) is 3.02. The second-order valence-corrected chi connectivity index (χ2v) is 10.5. The van der Waals surface area contributed by atoms with Crippen LogP contribution in [0.5, 0.6) is 5.75 Å². The van der Waals surface area contributed by atoms with E-state index in [1.165, 1.54) is 13.2 Å². The minimum Gasteiger partial charge on any atom is -0.495 e. The van der Waals surface area contributed by atoms with Crippen molar-refractivity contribution in [3.05, 3.63) is 48.0 Å². The molecule has 2 aromatic carbocycles. The molecule has 152 valence electrons. The maximum absolute atomic E-state index is 12.7. The van der Waals surface area contributed by atoms with Gasteiger partial charge in [-0.05, 0) is 48.9 Å². The van der Waals surface area contributed by atoms with Gasteiger partial charge in [0.1, 0.15) is 10.6 Å². The Labute approximate surface area is 164 Å². The van der Waals surface area contributed by atoms with Crippen molar-refractivity contribution in [1.82, 2.24) is 0 Å². The summed E-state index contributed by atoms with van der Waals surface area (Å²) in [5.74, 6) is -0.163. The maximum atomic E-state index is 12.7. The van der Waals surface area contributed by atoms with Crippen LogP contribution in [0, 0.1) is 6.92 Å². The van der Waals surface area contributed by atoms with E-state index < -0.39 is 32.0 Å². The third-order valence-corrected chi connectivity index (χ3v) is 7.54. The van der Waals surface area contributed by atoms with E-state index in [1.807, 2.05) is 0 Å². The van der Waals surface area contributed by atoms with Crippen LogP contribution < -0.4 is 14.8 Å². The maximum Gasteiger partial charge on any atom is 0.265 e. The van der Waals surface area contributed by atoms with Crippen LogP contribution >= 0.6 is 0 Å². The number of hydrogen-bond donors (Lipinski definition) is 3. The lowest BCUT2D eigenvalue weighted by Gasteiger charge is -2.17. The van der Waals surface area contributed by atoms with E-state index in [4.69, 9.17) is 4.74 Å². The molecule has 0 amide bonds. The average Bonchev–Trinajstić information content (AvgIpc) is 2.88. The number of hydrogen-bond acceptors (Lipinski definition) is 7. The molecular formula is C18H22N2O6S2. The molecule has 1 saturated heterocycles. The summed E-state index contributed by atoms with van der Waals surface area (Å²) < 4.78 is 56.2. The van der Waals surface area contributed by atoms with E-state index in [9.17, 15) is 21.9 Å². The molecule has 1 aliphatic heterocycles. The number of nitrogens with one attached hydrogen (secondary N) is 2. The van der Waals surface area contributed by atoms with Crippen LogP contribution in [0.3, 0.4) is 0 Å². The molecule has 8 nitrogen and oxygen atoms in total. The molecule has 28 heavy (non-hydrogen) atoms. The second kappa shape index (κ2) is 7.61. The Kier molecular flexibility index (Phi) is 5.55. The summed E-state index contributed by atoms with van der Waals surface area (Å²) in [7, 11) is -5.70. The minimum absolute atomic E-state index is 0.0384. The van der Waals surface area contributed by atoms with Gasteiger partial charge in [-0.15, -0.1) is 0 Å². The molecule has 3 N–H and O–H groups in total. The van der Waals surface area contributed by atoms with Crippen LogP contribution in [0.25, 0.3) is 0 Å². The second-order valence-electron chi connectivity index (χ2n) is 6.73. The summed E-state index contributed by atoms with van der Waals surface area (Å²) in [6, 6.07) is 10.6. The number of rotatable bonds is 6. The number of anilines is 2. The molecule has 0 saturated carbocycles. The SMILES string of the molecule is COc1ccc(C)cc1S(=O)(=O)Nc1ccc(N[C@@H]2CS(=O)(=O)C[C@H]2O)cc1. The van der Waals surface area contributed by atoms with Gasteiger partial charge in [0.15, 0.2) is 9.84 Å². The van der Waals surface area contributed by atoms with Crippen molar-refractivity contribution in [1.29, 1.82) is 0 Å². The first-order valence-corrected chi connectivity index (χ1v) is 11.8. The first-order chi connectivity index (χ1) is 13.1. The van der Waals surface area contributed by atoms with Crippen LogP contribution in [-0.4, -0.2) is 52.7 Å². The lowest BCUT2D eigenvalue weighted by Crippen LogP contribution is -2.31. The van der Waals surface area contributed by atoms with E-state index in [0.29, 0.717) is 11.4 Å². The van der Waals surface area contributed by atoms with Crippen LogP contribution in [0.4, 0.5) is 11.4 Å². The third kappa shape index (κ3) is 4.57. The Balaban J connectivity index is 1.75. The average molecular weight is 427 g/mol. The normalized spacial score (nSPS) is 21.2. The van der Waals surface area contributed by atoms with Crippen molar-refractivity contribution in [2.45, 2.75) is 24.0 Å². The summed E-state index contributed by atoms with van der Waals surface area (Å²) in [4.78, 5) is 0.0384. The van der Waals surface area contributed by atoms with E-state index in [-0.39, 0.29) is 22.2 Å². The van der Waals surface area contributed by atoms with Crippen molar-refractivity contribution in [3.63, 3.8) is 0 Å². The Morgan fingerprint density at radius 2 is 1.71 bits per heavy atom. The zero-order valence-corrected chi connectivity index (χ0v) is 17.0. The van der Waals surface area contributed by atoms with Crippen LogP contribution in [-0.2, 0) is 19.9 Å². The van der Waals surface area contributed by atoms with Crippen molar-refractivity contribution >= 4 is 31.2 Å². The van der Waals surface area contributed by atoms with Gasteiger partial charge in [0.25, 0.3) is 10.0 Å². The molecule has 0 radical (unpaired) electrons.